The van der Waals surface area contributed by atoms with Crippen molar-refractivity contribution < 1.29 is 15.0 Å². The summed E-state index contributed by atoms with van der Waals surface area (Å²) in [6, 6.07) is 22.2. The maximum absolute atomic E-state index is 13.7. The summed E-state index contributed by atoms with van der Waals surface area (Å²) in [5.74, 6) is -0.723. The van der Waals surface area contributed by atoms with Gasteiger partial charge < -0.3 is 15.5 Å². The molecule has 0 fully saturated rings. The molecule has 2 heterocycles. The molecule has 48 heavy (non-hydrogen) atoms. The smallest absolute Gasteiger partial charge is 0.259 e. The number of fused-ring (bicyclic) bond motifs is 2. The standard InChI is InChI=1S/C37H32N8O3/c1-4-6-8-23-9-10-24-18-26-20-31(35(47)42-29-13-11-28(12-14-29)37(3,48)5-2)33(46)32(30(26)19-25(24)17-23)43-44-34-27(21-38)22-41-45(34)36-39-15-7-16-40-36/h4,7,9-20,22,46,48H,1,5-6,8H2,2-3H3,(H,42,47). The van der Waals surface area contributed by atoms with Crippen LogP contribution < -0.4 is 5.32 Å². The van der Waals surface area contributed by atoms with Crippen LogP contribution in [0.3, 0.4) is 0 Å². The van der Waals surface area contributed by atoms with Crippen LogP contribution in [-0.2, 0) is 12.0 Å². The van der Waals surface area contributed by atoms with Gasteiger partial charge in [0.15, 0.2) is 11.6 Å². The first kappa shape index (κ1) is 31.7. The van der Waals surface area contributed by atoms with E-state index in [-0.39, 0.29) is 28.6 Å². The highest BCUT2D eigenvalue weighted by Crippen LogP contribution is 2.42. The molecule has 3 N–H and O–H groups in total. The zero-order chi connectivity index (χ0) is 33.8. The van der Waals surface area contributed by atoms with Gasteiger partial charge in [-0.05, 0) is 89.9 Å². The molecule has 2 aromatic heterocycles. The average molecular weight is 637 g/mol. The van der Waals surface area contributed by atoms with Gasteiger partial charge in [0.25, 0.3) is 11.9 Å². The summed E-state index contributed by atoms with van der Waals surface area (Å²) in [6.07, 6.45) is 8.46. The molecule has 0 radical (unpaired) electrons. The number of allylic oxidation sites excluding steroid dienone is 1. The van der Waals surface area contributed by atoms with Gasteiger partial charge in [-0.15, -0.1) is 16.8 Å². The lowest BCUT2D eigenvalue weighted by Crippen LogP contribution is -2.19. The van der Waals surface area contributed by atoms with E-state index in [1.165, 1.54) is 23.3 Å². The fourth-order valence-corrected chi connectivity index (χ4v) is 5.34. The van der Waals surface area contributed by atoms with Crippen LogP contribution >= 0.6 is 0 Å². The first-order valence-corrected chi connectivity index (χ1v) is 15.4. The number of benzene rings is 4. The highest BCUT2D eigenvalue weighted by Gasteiger charge is 2.22. The second-order valence-corrected chi connectivity index (χ2v) is 11.5. The Morgan fingerprint density at radius 1 is 1.06 bits per heavy atom. The molecular weight excluding hydrogens is 604 g/mol. The maximum Gasteiger partial charge on any atom is 0.259 e. The van der Waals surface area contributed by atoms with Crippen LogP contribution in [0.2, 0.25) is 0 Å². The van der Waals surface area contributed by atoms with E-state index in [4.69, 9.17) is 0 Å². The van der Waals surface area contributed by atoms with E-state index in [0.717, 1.165) is 34.7 Å². The van der Waals surface area contributed by atoms with E-state index in [1.807, 2.05) is 31.2 Å². The molecule has 0 saturated heterocycles. The highest BCUT2D eigenvalue weighted by molar-refractivity contribution is 6.13. The molecule has 11 heteroatoms. The van der Waals surface area contributed by atoms with E-state index in [2.05, 4.69) is 55.4 Å². The number of phenols is 1. The average Bonchev–Trinajstić information content (AvgIpc) is 3.52. The summed E-state index contributed by atoms with van der Waals surface area (Å²) in [6.45, 7) is 7.44. The minimum atomic E-state index is -0.998. The van der Waals surface area contributed by atoms with Gasteiger partial charge in [-0.1, -0.05) is 43.3 Å². The second-order valence-electron chi connectivity index (χ2n) is 11.5. The Hall–Kier alpha value is -6.25. The Bertz CT molecular complexity index is 2230. The van der Waals surface area contributed by atoms with Gasteiger partial charge in [0.1, 0.15) is 17.3 Å². The number of aryl methyl sites for hydroxylation is 1. The molecule has 0 aliphatic rings. The van der Waals surface area contributed by atoms with Crippen LogP contribution in [0.15, 0.2) is 108 Å². The van der Waals surface area contributed by atoms with Crippen molar-refractivity contribution >= 4 is 44.6 Å². The minimum Gasteiger partial charge on any atom is -0.505 e. The first-order chi connectivity index (χ1) is 23.2. The van der Waals surface area contributed by atoms with Gasteiger partial charge in [0.2, 0.25) is 0 Å². The first-order valence-electron chi connectivity index (χ1n) is 15.4. The zero-order valence-electron chi connectivity index (χ0n) is 26.4. The number of hydrogen-bond donors (Lipinski definition) is 3. The molecule has 1 amide bonds. The molecule has 0 spiro atoms. The van der Waals surface area contributed by atoms with Crippen LogP contribution in [0, 0.1) is 11.3 Å². The number of carbonyl (C=O) groups excluding carboxylic acids is 1. The molecule has 6 rings (SSSR count). The molecule has 4 aromatic carbocycles. The number of phenolic OH excluding ortho intramolecular Hbond substituents is 1. The molecule has 0 aliphatic heterocycles. The fourth-order valence-electron chi connectivity index (χ4n) is 5.34. The zero-order valence-corrected chi connectivity index (χ0v) is 26.4. The number of rotatable bonds is 10. The van der Waals surface area contributed by atoms with Crippen LogP contribution in [0.4, 0.5) is 17.2 Å². The predicted octanol–water partition coefficient (Wildman–Crippen LogP) is 7.95. The molecule has 238 valence electrons. The van der Waals surface area contributed by atoms with Crippen molar-refractivity contribution in [2.45, 2.75) is 38.7 Å². The number of nitrogens with zero attached hydrogens (tertiary/aromatic N) is 7. The highest BCUT2D eigenvalue weighted by atomic mass is 16.3. The topological polar surface area (TPSA) is 162 Å². The molecule has 1 atom stereocenters. The van der Waals surface area contributed by atoms with Crippen molar-refractivity contribution in [3.05, 3.63) is 120 Å². The largest absolute Gasteiger partial charge is 0.505 e. The number of nitrogens with one attached hydrogen (secondary N) is 1. The summed E-state index contributed by atoms with van der Waals surface area (Å²) in [5.41, 5.74) is 1.46. The van der Waals surface area contributed by atoms with Gasteiger partial charge in [-0.3, -0.25) is 4.79 Å². The van der Waals surface area contributed by atoms with E-state index in [9.17, 15) is 20.3 Å². The van der Waals surface area contributed by atoms with Gasteiger partial charge >= 0.3 is 0 Å². The summed E-state index contributed by atoms with van der Waals surface area (Å²) >= 11 is 0. The number of anilines is 1. The van der Waals surface area contributed by atoms with Crippen molar-refractivity contribution in [2.24, 2.45) is 10.2 Å². The normalized spacial score (nSPS) is 12.6. The van der Waals surface area contributed by atoms with Crippen molar-refractivity contribution in [2.75, 3.05) is 5.32 Å². The monoisotopic (exact) mass is 636 g/mol. The van der Waals surface area contributed by atoms with Crippen molar-refractivity contribution in [1.82, 2.24) is 19.7 Å². The van der Waals surface area contributed by atoms with Gasteiger partial charge in [0.05, 0.1) is 17.4 Å². The van der Waals surface area contributed by atoms with Gasteiger partial charge in [-0.2, -0.15) is 15.0 Å². The van der Waals surface area contributed by atoms with Crippen LogP contribution in [0.1, 0.15) is 53.7 Å². The maximum atomic E-state index is 13.7. The van der Waals surface area contributed by atoms with Crippen molar-refractivity contribution in [1.29, 1.82) is 5.26 Å². The van der Waals surface area contributed by atoms with Gasteiger partial charge in [-0.25, -0.2) is 9.97 Å². The summed E-state index contributed by atoms with van der Waals surface area (Å²) in [7, 11) is 0. The third-order valence-electron chi connectivity index (χ3n) is 8.29. The molecule has 0 saturated carbocycles. The van der Waals surface area contributed by atoms with Crippen LogP contribution in [-0.4, -0.2) is 35.9 Å². The van der Waals surface area contributed by atoms with Gasteiger partial charge in [0, 0.05) is 23.5 Å². The Morgan fingerprint density at radius 2 is 1.83 bits per heavy atom. The molecular formula is C37H32N8O3. The summed E-state index contributed by atoms with van der Waals surface area (Å²) < 4.78 is 1.28. The number of carbonyl (C=O) groups is 1. The molecule has 0 aliphatic carbocycles. The van der Waals surface area contributed by atoms with Crippen LogP contribution in [0.5, 0.6) is 5.75 Å². The molecule has 6 aromatic rings. The molecule has 1 unspecified atom stereocenters. The number of amides is 1. The number of nitriles is 1. The Balaban J connectivity index is 1.48. The van der Waals surface area contributed by atoms with Crippen LogP contribution in [0.25, 0.3) is 27.5 Å². The summed E-state index contributed by atoms with van der Waals surface area (Å²) in [4.78, 5) is 22.1. The van der Waals surface area contributed by atoms with E-state index < -0.39 is 17.3 Å². The van der Waals surface area contributed by atoms with E-state index >= 15 is 0 Å². The lowest BCUT2D eigenvalue weighted by Gasteiger charge is -2.22. The lowest BCUT2D eigenvalue weighted by molar-refractivity contribution is 0.0531. The van der Waals surface area contributed by atoms with Crippen molar-refractivity contribution in [3.8, 4) is 17.8 Å². The predicted molar refractivity (Wildman–Crippen MR) is 184 cm³/mol. The number of hydrogen-bond acceptors (Lipinski definition) is 9. The van der Waals surface area contributed by atoms with E-state index in [1.54, 1.807) is 43.3 Å². The number of aliphatic hydroxyl groups is 1. The number of aromatic nitrogens is 4. The minimum absolute atomic E-state index is 0.0246. The summed E-state index contributed by atoms with van der Waals surface area (Å²) in [5, 5.41) is 50.9. The van der Waals surface area contributed by atoms with Crippen molar-refractivity contribution in [3.63, 3.8) is 0 Å². The third-order valence-corrected chi connectivity index (χ3v) is 8.29. The van der Waals surface area contributed by atoms with E-state index in [0.29, 0.717) is 22.9 Å². The molecule has 11 nitrogen and oxygen atoms in total. The Kier molecular flexibility index (Phi) is 8.75. The Morgan fingerprint density at radius 3 is 2.54 bits per heavy atom. The number of azo groups is 1. The second kappa shape index (κ2) is 13.2. The SMILES string of the molecule is C=CCCc1ccc2cc3cc(C(=O)Nc4ccc(C(C)(O)CC)cc4)c(O)c(N=Nc4c(C#N)cnn4-c4ncccn4)c3cc2c1. The lowest BCUT2D eigenvalue weighted by atomic mass is 9.93. The quantitative estimate of drug-likeness (QED) is 0.0781. The molecule has 0 bridgehead atoms. The number of aromatic hydroxyl groups is 1. The fraction of sp³-hybridized carbons (Fsp3) is 0.162. The third kappa shape index (κ3) is 6.25. The Labute approximate surface area is 276 Å².